The number of carbonyl (C=O) groups is 2. The summed E-state index contributed by atoms with van der Waals surface area (Å²) in [5.74, 6) is 0.100. The first-order chi connectivity index (χ1) is 12.6. The number of rotatable bonds is 6. The van der Waals surface area contributed by atoms with Crippen LogP contribution in [-0.2, 0) is 14.3 Å². The van der Waals surface area contributed by atoms with E-state index in [2.05, 4.69) is 11.8 Å². The molecule has 1 saturated heterocycles. The second kappa shape index (κ2) is 7.52. The van der Waals surface area contributed by atoms with Crippen LogP contribution in [0.4, 0.5) is 0 Å². The summed E-state index contributed by atoms with van der Waals surface area (Å²) < 4.78 is 10.2. The van der Waals surface area contributed by atoms with Gasteiger partial charge in [-0.15, -0.1) is 0 Å². The van der Waals surface area contributed by atoms with Gasteiger partial charge in [-0.05, 0) is 49.1 Å². The number of benzene rings is 1. The van der Waals surface area contributed by atoms with Gasteiger partial charge in [0.15, 0.2) is 5.78 Å². The number of unbranched alkanes of at least 4 members (excludes halogenated alkanes) is 1. The van der Waals surface area contributed by atoms with E-state index in [9.17, 15) is 9.59 Å². The summed E-state index contributed by atoms with van der Waals surface area (Å²) in [4.78, 5) is 27.7. The molecule has 1 fully saturated rings. The Balaban J connectivity index is 2.13. The Labute approximate surface area is 155 Å². The third kappa shape index (κ3) is 3.11. The molecular formula is C21H27NO4. The van der Waals surface area contributed by atoms with Crippen molar-refractivity contribution in [2.75, 3.05) is 20.8 Å². The standard InChI is InChI=1S/C21H27NO4/c1-4-5-11-21-12-6-13-22(21)19(15-7-9-16(25-2)10-8-15)18(17(23)14-21)20(24)26-3/h7-10H,4-6,11-14H2,1-3H3/t21-/m1/s1. The van der Waals surface area contributed by atoms with Gasteiger partial charge in [-0.1, -0.05) is 19.8 Å². The zero-order chi connectivity index (χ0) is 18.7. The van der Waals surface area contributed by atoms with Crippen molar-refractivity contribution in [2.45, 2.75) is 51.0 Å². The molecule has 1 atom stereocenters. The fraction of sp³-hybridized carbons (Fsp3) is 0.524. The van der Waals surface area contributed by atoms with Crippen molar-refractivity contribution in [3.05, 3.63) is 35.4 Å². The minimum absolute atomic E-state index is 0.100. The number of ether oxygens (including phenoxy) is 2. The molecule has 0 aliphatic carbocycles. The lowest BCUT2D eigenvalue weighted by molar-refractivity contribution is -0.138. The van der Waals surface area contributed by atoms with Crippen LogP contribution in [0.3, 0.4) is 0 Å². The van der Waals surface area contributed by atoms with Gasteiger partial charge in [0.25, 0.3) is 0 Å². The number of hydrogen-bond acceptors (Lipinski definition) is 5. The number of esters is 1. The topological polar surface area (TPSA) is 55.8 Å². The second-order valence-electron chi connectivity index (χ2n) is 7.13. The molecule has 0 bridgehead atoms. The van der Waals surface area contributed by atoms with Crippen molar-refractivity contribution in [3.63, 3.8) is 0 Å². The van der Waals surface area contributed by atoms with E-state index in [-0.39, 0.29) is 16.9 Å². The maximum absolute atomic E-state index is 13.0. The Morgan fingerprint density at radius 1 is 1.23 bits per heavy atom. The van der Waals surface area contributed by atoms with E-state index in [1.807, 2.05) is 24.3 Å². The molecular weight excluding hydrogens is 330 g/mol. The molecule has 5 nitrogen and oxygen atoms in total. The van der Waals surface area contributed by atoms with Crippen LogP contribution < -0.4 is 4.74 Å². The summed E-state index contributed by atoms with van der Waals surface area (Å²) in [5.41, 5.74) is 1.61. The van der Waals surface area contributed by atoms with Gasteiger partial charge < -0.3 is 14.4 Å². The van der Waals surface area contributed by atoms with Crippen LogP contribution in [0.1, 0.15) is 51.0 Å². The summed E-state index contributed by atoms with van der Waals surface area (Å²) in [7, 11) is 2.95. The lowest BCUT2D eigenvalue weighted by atomic mass is 9.78. The number of methoxy groups -OCH3 is 2. The largest absolute Gasteiger partial charge is 0.497 e. The van der Waals surface area contributed by atoms with Crippen molar-refractivity contribution in [3.8, 4) is 5.75 Å². The lowest BCUT2D eigenvalue weighted by Gasteiger charge is -2.45. The van der Waals surface area contributed by atoms with Gasteiger partial charge in [0, 0.05) is 18.5 Å². The zero-order valence-electron chi connectivity index (χ0n) is 15.8. The van der Waals surface area contributed by atoms with Crippen molar-refractivity contribution in [1.29, 1.82) is 0 Å². The number of ketones is 1. The Bertz CT molecular complexity index is 722. The maximum atomic E-state index is 13.0. The van der Waals surface area contributed by atoms with E-state index in [0.717, 1.165) is 55.7 Å². The summed E-state index contributed by atoms with van der Waals surface area (Å²) in [6.45, 7) is 3.03. The fourth-order valence-electron chi connectivity index (χ4n) is 4.34. The Kier molecular flexibility index (Phi) is 5.35. The molecule has 0 saturated carbocycles. The quantitative estimate of drug-likeness (QED) is 0.575. The fourth-order valence-corrected chi connectivity index (χ4v) is 4.34. The SMILES string of the molecule is CCCC[C@]12CCCN1C(c1ccc(OC)cc1)=C(C(=O)OC)C(=O)C2. The van der Waals surface area contributed by atoms with Gasteiger partial charge in [-0.2, -0.15) is 0 Å². The molecule has 0 radical (unpaired) electrons. The maximum Gasteiger partial charge on any atom is 0.343 e. The monoisotopic (exact) mass is 357 g/mol. The van der Waals surface area contributed by atoms with E-state index in [0.29, 0.717) is 6.42 Å². The van der Waals surface area contributed by atoms with Gasteiger partial charge in [0.1, 0.15) is 11.3 Å². The first-order valence-electron chi connectivity index (χ1n) is 9.34. The van der Waals surface area contributed by atoms with Gasteiger partial charge in [-0.25, -0.2) is 4.79 Å². The van der Waals surface area contributed by atoms with Gasteiger partial charge >= 0.3 is 5.97 Å². The highest BCUT2D eigenvalue weighted by atomic mass is 16.5. The van der Waals surface area contributed by atoms with E-state index in [4.69, 9.17) is 9.47 Å². The van der Waals surface area contributed by atoms with E-state index in [1.165, 1.54) is 7.11 Å². The van der Waals surface area contributed by atoms with Crippen LogP contribution >= 0.6 is 0 Å². The minimum Gasteiger partial charge on any atom is -0.497 e. The molecule has 1 aromatic rings. The van der Waals surface area contributed by atoms with Crippen molar-refractivity contribution >= 4 is 17.4 Å². The van der Waals surface area contributed by atoms with Crippen LogP contribution in [0.25, 0.3) is 5.70 Å². The zero-order valence-corrected chi connectivity index (χ0v) is 15.8. The lowest BCUT2D eigenvalue weighted by Crippen LogP contribution is -2.49. The van der Waals surface area contributed by atoms with E-state index >= 15 is 0 Å². The second-order valence-corrected chi connectivity index (χ2v) is 7.13. The molecule has 0 N–H and O–H groups in total. The molecule has 0 amide bonds. The smallest absolute Gasteiger partial charge is 0.343 e. The highest BCUT2D eigenvalue weighted by Crippen LogP contribution is 2.47. The molecule has 140 valence electrons. The molecule has 3 rings (SSSR count). The molecule has 2 aliphatic rings. The number of nitrogens with zero attached hydrogens (tertiary/aromatic N) is 1. The normalized spacial score (nSPS) is 22.4. The van der Waals surface area contributed by atoms with Crippen LogP contribution in [0.2, 0.25) is 0 Å². The summed E-state index contributed by atoms with van der Waals surface area (Å²) in [6, 6.07) is 7.55. The number of carbonyl (C=O) groups excluding carboxylic acids is 2. The van der Waals surface area contributed by atoms with E-state index < -0.39 is 5.97 Å². The number of hydrogen-bond donors (Lipinski definition) is 0. The van der Waals surface area contributed by atoms with Crippen LogP contribution in [0.15, 0.2) is 29.8 Å². The molecule has 2 aliphatic heterocycles. The average Bonchev–Trinajstić information content (AvgIpc) is 3.08. The highest BCUT2D eigenvalue weighted by molar-refractivity contribution is 6.23. The van der Waals surface area contributed by atoms with Gasteiger partial charge in [0.05, 0.1) is 19.9 Å². The van der Waals surface area contributed by atoms with Crippen molar-refractivity contribution < 1.29 is 19.1 Å². The predicted molar refractivity (Wildman–Crippen MR) is 99.8 cm³/mol. The number of fused-ring (bicyclic) bond motifs is 1. The molecule has 2 heterocycles. The highest BCUT2D eigenvalue weighted by Gasteiger charge is 2.49. The minimum atomic E-state index is -0.545. The molecule has 0 spiro atoms. The molecule has 26 heavy (non-hydrogen) atoms. The first kappa shape index (κ1) is 18.5. The van der Waals surface area contributed by atoms with Crippen molar-refractivity contribution in [1.82, 2.24) is 4.90 Å². The van der Waals surface area contributed by atoms with Crippen LogP contribution in [0.5, 0.6) is 5.75 Å². The summed E-state index contributed by atoms with van der Waals surface area (Å²) in [5, 5.41) is 0. The third-order valence-electron chi connectivity index (χ3n) is 5.62. The Hall–Kier alpha value is -2.30. The predicted octanol–water partition coefficient (Wildman–Crippen LogP) is 3.58. The van der Waals surface area contributed by atoms with Crippen molar-refractivity contribution in [2.24, 2.45) is 0 Å². The summed E-state index contributed by atoms with van der Waals surface area (Å²) >= 11 is 0. The average molecular weight is 357 g/mol. The van der Waals surface area contributed by atoms with Crippen LogP contribution in [0, 0.1) is 0 Å². The Morgan fingerprint density at radius 2 is 1.96 bits per heavy atom. The molecule has 0 aromatic heterocycles. The molecule has 5 heteroatoms. The first-order valence-corrected chi connectivity index (χ1v) is 9.34. The van der Waals surface area contributed by atoms with Crippen LogP contribution in [-0.4, -0.2) is 43.0 Å². The Morgan fingerprint density at radius 3 is 2.58 bits per heavy atom. The summed E-state index contributed by atoms with van der Waals surface area (Å²) in [6.07, 6.45) is 5.57. The third-order valence-corrected chi connectivity index (χ3v) is 5.62. The molecule has 0 unspecified atom stereocenters. The van der Waals surface area contributed by atoms with Gasteiger partial charge in [0.2, 0.25) is 0 Å². The molecule has 1 aromatic carbocycles. The van der Waals surface area contributed by atoms with E-state index in [1.54, 1.807) is 7.11 Å². The number of Topliss-reactive ketones (excluding diaryl/α,β-unsaturated/α-hetero) is 1. The van der Waals surface area contributed by atoms with Gasteiger partial charge in [-0.3, -0.25) is 4.79 Å².